The molecule has 4 unspecified atom stereocenters. The zero-order valence-electron chi connectivity index (χ0n) is 19.2. The highest BCUT2D eigenvalue weighted by Gasteiger charge is 2.31. The van der Waals surface area contributed by atoms with Gasteiger partial charge in [0.2, 0.25) is 29.5 Å². The third-order valence-corrected chi connectivity index (χ3v) is 5.24. The number of nitrogens with one attached hydrogen (secondary N) is 3. The molecule has 0 radical (unpaired) electrons. The lowest BCUT2D eigenvalue weighted by molar-refractivity contribution is -0.141. The van der Waals surface area contributed by atoms with Gasteiger partial charge in [0.1, 0.15) is 23.9 Å². The lowest BCUT2D eigenvalue weighted by Gasteiger charge is -2.24. The molecule has 14 nitrogen and oxygen atoms in total. The fraction of sp³-hybridized carbons (Fsp3) is 0.429. The third-order valence-electron chi connectivity index (χ3n) is 4.88. The summed E-state index contributed by atoms with van der Waals surface area (Å²) in [5, 5.41) is 25.2. The largest absolute Gasteiger partial charge is 0.508 e. The van der Waals surface area contributed by atoms with E-state index in [9.17, 15) is 33.9 Å². The maximum atomic E-state index is 12.9. The number of nitrogens with two attached hydrogens (primary N) is 3. The number of rotatable bonds is 15. The molecule has 0 aliphatic carbocycles. The van der Waals surface area contributed by atoms with Gasteiger partial charge in [-0.25, -0.2) is 4.79 Å². The van der Waals surface area contributed by atoms with Crippen LogP contribution in [0.5, 0.6) is 5.75 Å². The summed E-state index contributed by atoms with van der Waals surface area (Å²) in [5.74, 6) is -6.11. The highest BCUT2D eigenvalue weighted by atomic mass is 32.1. The van der Waals surface area contributed by atoms with Crippen LogP contribution < -0.4 is 33.2 Å². The molecule has 0 bridgehead atoms. The first kappa shape index (κ1) is 30.2. The van der Waals surface area contributed by atoms with E-state index >= 15 is 0 Å². The number of carbonyl (C=O) groups is 6. The molecular formula is C21H30N6O8S. The van der Waals surface area contributed by atoms with Gasteiger partial charge in [0.15, 0.2) is 0 Å². The van der Waals surface area contributed by atoms with Gasteiger partial charge in [-0.1, -0.05) is 12.1 Å². The van der Waals surface area contributed by atoms with Gasteiger partial charge < -0.3 is 43.4 Å². The summed E-state index contributed by atoms with van der Waals surface area (Å²) in [6.07, 6.45) is -1.17. The van der Waals surface area contributed by atoms with E-state index in [1.807, 2.05) is 0 Å². The molecule has 11 N–H and O–H groups in total. The number of thiol groups is 1. The molecule has 15 heteroatoms. The van der Waals surface area contributed by atoms with Crippen molar-refractivity contribution >= 4 is 48.1 Å². The minimum atomic E-state index is -1.57. The van der Waals surface area contributed by atoms with Gasteiger partial charge in [-0.15, -0.1) is 0 Å². The highest BCUT2D eigenvalue weighted by Crippen LogP contribution is 2.11. The van der Waals surface area contributed by atoms with Gasteiger partial charge in [-0.05, 0) is 30.5 Å². The summed E-state index contributed by atoms with van der Waals surface area (Å²) >= 11 is 3.82. The second kappa shape index (κ2) is 14.5. The average Bonchev–Trinajstić information content (AvgIpc) is 2.79. The number of aromatic hydroxyl groups is 1. The number of phenols is 1. The lowest BCUT2D eigenvalue weighted by Crippen LogP contribution is -2.58. The molecule has 1 aromatic rings. The molecule has 0 aliphatic heterocycles. The number of benzene rings is 1. The molecule has 0 aromatic heterocycles. The van der Waals surface area contributed by atoms with Crippen LogP contribution >= 0.6 is 12.6 Å². The first-order chi connectivity index (χ1) is 16.8. The zero-order chi connectivity index (χ0) is 27.4. The van der Waals surface area contributed by atoms with Gasteiger partial charge >= 0.3 is 5.97 Å². The minimum absolute atomic E-state index is 0.0264. The number of aliphatic carboxylic acids is 1. The normalized spacial score (nSPS) is 13.9. The second-order valence-electron chi connectivity index (χ2n) is 7.86. The minimum Gasteiger partial charge on any atom is -0.508 e. The standard InChI is InChI=1S/C21H30N6O8S/c22-12(7-10-1-3-11(28)4-2-10)18(31)25-13(5-6-16(23)29)19(32)26-14(8-17(24)30)20(33)27-15(9-36)21(34)35/h1-4,12-15,28,36H,5-9,22H2,(H2,23,29)(H2,24,30)(H,25,31)(H,26,32)(H,27,33)(H,34,35). The van der Waals surface area contributed by atoms with E-state index < -0.39 is 66.1 Å². The Bertz CT molecular complexity index is 974. The van der Waals surface area contributed by atoms with E-state index in [1.165, 1.54) is 12.1 Å². The van der Waals surface area contributed by atoms with Crippen LogP contribution in [0, 0.1) is 0 Å². The third kappa shape index (κ3) is 10.6. The van der Waals surface area contributed by atoms with Gasteiger partial charge in [0, 0.05) is 12.2 Å². The predicted molar refractivity (Wildman–Crippen MR) is 129 cm³/mol. The van der Waals surface area contributed by atoms with E-state index in [0.717, 1.165) is 0 Å². The van der Waals surface area contributed by atoms with Crippen LogP contribution in [0.15, 0.2) is 24.3 Å². The Morgan fingerprint density at radius 3 is 1.86 bits per heavy atom. The molecule has 0 spiro atoms. The van der Waals surface area contributed by atoms with Gasteiger partial charge in [0.25, 0.3) is 0 Å². The van der Waals surface area contributed by atoms with Crippen molar-refractivity contribution in [1.82, 2.24) is 16.0 Å². The summed E-state index contributed by atoms with van der Waals surface area (Å²) in [5.41, 5.74) is 16.8. The fourth-order valence-corrected chi connectivity index (χ4v) is 3.20. The van der Waals surface area contributed by atoms with Crippen LogP contribution in [0.4, 0.5) is 0 Å². The van der Waals surface area contributed by atoms with Crippen molar-refractivity contribution < 1.29 is 39.0 Å². The Morgan fingerprint density at radius 1 is 0.833 bits per heavy atom. The monoisotopic (exact) mass is 526 g/mol. The SMILES string of the molecule is NC(=O)CCC(NC(=O)C(N)Cc1ccc(O)cc1)C(=O)NC(CC(N)=O)C(=O)NC(CS)C(=O)O. The molecule has 0 heterocycles. The molecule has 1 rings (SSSR count). The second-order valence-corrected chi connectivity index (χ2v) is 8.22. The number of phenolic OH excluding ortho intramolecular Hbond substituents is 1. The summed E-state index contributed by atoms with van der Waals surface area (Å²) < 4.78 is 0. The van der Waals surface area contributed by atoms with E-state index in [4.69, 9.17) is 22.3 Å². The smallest absolute Gasteiger partial charge is 0.327 e. The molecule has 0 aliphatic rings. The van der Waals surface area contributed by atoms with Crippen molar-refractivity contribution in [1.29, 1.82) is 0 Å². The van der Waals surface area contributed by atoms with Crippen LogP contribution in [0.3, 0.4) is 0 Å². The summed E-state index contributed by atoms with van der Waals surface area (Å²) in [6.45, 7) is 0. The Hall–Kier alpha value is -3.85. The quantitative estimate of drug-likeness (QED) is 0.105. The Balaban J connectivity index is 2.98. The van der Waals surface area contributed by atoms with Crippen molar-refractivity contribution in [3.63, 3.8) is 0 Å². The molecule has 1 aromatic carbocycles. The number of carbonyl (C=O) groups excluding carboxylic acids is 5. The number of primary amides is 2. The molecule has 0 saturated heterocycles. The van der Waals surface area contributed by atoms with E-state index in [1.54, 1.807) is 12.1 Å². The lowest BCUT2D eigenvalue weighted by atomic mass is 10.0. The van der Waals surface area contributed by atoms with Crippen LogP contribution in [0.1, 0.15) is 24.8 Å². The molecule has 36 heavy (non-hydrogen) atoms. The maximum absolute atomic E-state index is 12.9. The number of amides is 5. The molecule has 4 atom stereocenters. The van der Waals surface area contributed by atoms with Crippen molar-refractivity contribution in [2.45, 2.75) is 49.9 Å². The van der Waals surface area contributed by atoms with E-state index in [-0.39, 0.29) is 30.8 Å². The van der Waals surface area contributed by atoms with Crippen LogP contribution in [0.2, 0.25) is 0 Å². The summed E-state index contributed by atoms with van der Waals surface area (Å²) in [4.78, 5) is 71.9. The summed E-state index contributed by atoms with van der Waals surface area (Å²) in [6, 6.07) is 0.468. The van der Waals surface area contributed by atoms with E-state index in [0.29, 0.717) is 5.56 Å². The van der Waals surface area contributed by atoms with Gasteiger partial charge in [-0.3, -0.25) is 24.0 Å². The Morgan fingerprint density at radius 2 is 1.36 bits per heavy atom. The number of hydrogen-bond acceptors (Lipinski definition) is 9. The van der Waals surface area contributed by atoms with Crippen LogP contribution in [0.25, 0.3) is 0 Å². The van der Waals surface area contributed by atoms with Gasteiger partial charge in [-0.2, -0.15) is 12.6 Å². The van der Waals surface area contributed by atoms with Crippen LogP contribution in [-0.4, -0.2) is 75.6 Å². The van der Waals surface area contributed by atoms with Gasteiger partial charge in [0.05, 0.1) is 12.5 Å². The highest BCUT2D eigenvalue weighted by molar-refractivity contribution is 7.80. The fourth-order valence-electron chi connectivity index (χ4n) is 2.95. The molecule has 198 valence electrons. The Kier molecular flexibility index (Phi) is 12.2. The molecular weight excluding hydrogens is 496 g/mol. The van der Waals surface area contributed by atoms with Crippen LogP contribution in [-0.2, 0) is 35.2 Å². The number of carboxylic acid groups (broad SMARTS) is 1. The number of hydrogen-bond donors (Lipinski definition) is 9. The number of carboxylic acids is 1. The van der Waals surface area contributed by atoms with Crippen molar-refractivity contribution in [3.8, 4) is 5.75 Å². The average molecular weight is 527 g/mol. The topological polar surface area (TPSA) is 257 Å². The van der Waals surface area contributed by atoms with Crippen molar-refractivity contribution in [2.24, 2.45) is 17.2 Å². The summed E-state index contributed by atoms with van der Waals surface area (Å²) in [7, 11) is 0. The Labute approximate surface area is 211 Å². The molecule has 5 amide bonds. The first-order valence-corrected chi connectivity index (χ1v) is 11.3. The van der Waals surface area contributed by atoms with Crippen molar-refractivity contribution in [3.05, 3.63) is 29.8 Å². The predicted octanol–water partition coefficient (Wildman–Crippen LogP) is -3.13. The molecule has 0 fully saturated rings. The van der Waals surface area contributed by atoms with E-state index in [2.05, 4.69) is 28.6 Å². The zero-order valence-corrected chi connectivity index (χ0v) is 20.1. The molecule has 0 saturated carbocycles. The first-order valence-electron chi connectivity index (χ1n) is 10.7. The maximum Gasteiger partial charge on any atom is 0.327 e. The van der Waals surface area contributed by atoms with Crippen molar-refractivity contribution in [2.75, 3.05) is 5.75 Å².